The van der Waals surface area contributed by atoms with Crippen LogP contribution in [0.4, 0.5) is 4.79 Å². The molecule has 0 aromatic carbocycles. The number of alkyl carbamates (subject to hydrolysis) is 1. The SMILES string of the molecule is CC(C)C1CC(C(=O)O)C1.CC(C)C1CC2OCCOC2C1.CC(C)C1CCS(=O)(=O)NC1.CC(C)C1COC(C)(C)OC1.CC(C)C1C[C@H]2CC(C)(C)O[C@H]2C1.CC(C)CC1CNC(=O)O1. The summed E-state index contributed by atoms with van der Waals surface area (Å²) >= 11 is 0. The lowest BCUT2D eigenvalue weighted by molar-refractivity contribution is -0.266. The Bertz CT molecular complexity index is 1500. The summed E-state index contributed by atoms with van der Waals surface area (Å²) in [7, 11) is -2.90. The van der Waals surface area contributed by atoms with Gasteiger partial charge in [-0.15, -0.1) is 0 Å². The van der Waals surface area contributed by atoms with Gasteiger partial charge in [0, 0.05) is 12.5 Å². The van der Waals surface area contributed by atoms with Crippen LogP contribution in [0.15, 0.2) is 0 Å². The molecule has 5 heterocycles. The van der Waals surface area contributed by atoms with Crippen LogP contribution in [0.3, 0.4) is 0 Å². The highest BCUT2D eigenvalue weighted by atomic mass is 32.2. The van der Waals surface area contributed by atoms with Crippen molar-refractivity contribution in [2.75, 3.05) is 45.3 Å². The van der Waals surface area contributed by atoms with E-state index in [2.05, 4.69) is 107 Å². The molecular formula is C53H100N2O11S. The zero-order valence-electron chi connectivity index (χ0n) is 45.1. The lowest BCUT2D eigenvalue weighted by atomic mass is 9.70. The molecule has 0 aromatic rings. The minimum atomic E-state index is -2.90. The fourth-order valence-corrected chi connectivity index (χ4v) is 11.5. The average molecular weight is 973 g/mol. The van der Waals surface area contributed by atoms with Gasteiger partial charge in [0.05, 0.1) is 68.6 Å². The number of nitrogens with one attached hydrogen (secondary N) is 2. The van der Waals surface area contributed by atoms with E-state index in [0.717, 1.165) is 81.7 Å². The lowest BCUT2D eigenvalue weighted by Gasteiger charge is -2.36. The number of cyclic esters (lactones) is 1. The molecule has 5 saturated heterocycles. The van der Waals surface area contributed by atoms with E-state index in [4.69, 9.17) is 33.5 Å². The van der Waals surface area contributed by atoms with E-state index >= 15 is 0 Å². The van der Waals surface area contributed by atoms with Crippen molar-refractivity contribution >= 4 is 22.1 Å². The standard InChI is InChI=1S/C12H22O.C10H18O2.C9H18O2.C8H14O2.C7H15NO2S.C7H13NO2/c1-8(2)9-5-10-7-12(3,4)13-11(10)6-9;1-7(2)8-5-9-10(6-8)12-4-3-11-9;1-7(2)8-5-10-9(3,4)11-6-8;1-5(2)6-3-7(4-6)8(9)10;1-6(2)7-3-4-11(9,10)8-5-7;1-5(2)3-6-4-8-7(9)10-6/h8-11H,5-7H2,1-4H3;7-10H,3-6H2,1-2H3;7-8H,5-6H2,1-4H3;5-7H,3-4H2,1-2H3,(H,9,10);6-8H,3-5H2,1-2H3;5-6H,3-4H2,1-2H3,(H,8,9)/t9?,10-,11-;;;;;/m0...../s1. The van der Waals surface area contributed by atoms with Gasteiger partial charge in [-0.1, -0.05) is 83.1 Å². The van der Waals surface area contributed by atoms with Gasteiger partial charge in [-0.3, -0.25) is 4.79 Å². The largest absolute Gasteiger partial charge is 0.481 e. The topological polar surface area (TPSA) is 168 Å². The van der Waals surface area contributed by atoms with Crippen LogP contribution in [0.5, 0.6) is 0 Å². The van der Waals surface area contributed by atoms with Crippen LogP contribution in [-0.4, -0.2) is 107 Å². The van der Waals surface area contributed by atoms with Crippen LogP contribution in [0.25, 0.3) is 0 Å². The van der Waals surface area contributed by atoms with Gasteiger partial charge >= 0.3 is 12.1 Å². The van der Waals surface area contributed by atoms with E-state index < -0.39 is 16.0 Å². The Morgan fingerprint density at radius 1 is 0.672 bits per heavy atom. The van der Waals surface area contributed by atoms with Gasteiger partial charge in [0.2, 0.25) is 10.0 Å². The number of carboxylic acids is 1. The number of carboxylic acid groups (broad SMARTS) is 1. The van der Waals surface area contributed by atoms with Crippen LogP contribution in [0, 0.1) is 76.9 Å². The number of rotatable bonds is 8. The van der Waals surface area contributed by atoms with E-state index in [1.54, 1.807) is 0 Å². The summed E-state index contributed by atoms with van der Waals surface area (Å²) < 4.78 is 57.7. The molecule has 5 aliphatic heterocycles. The van der Waals surface area contributed by atoms with Crippen LogP contribution < -0.4 is 10.0 Å². The van der Waals surface area contributed by atoms with Gasteiger partial charge in [-0.05, 0) is 151 Å². The maximum atomic E-state index is 10.9. The number of hydrogen-bond acceptors (Lipinski definition) is 10. The van der Waals surface area contributed by atoms with Crippen molar-refractivity contribution in [2.45, 2.75) is 204 Å². The van der Waals surface area contributed by atoms with E-state index in [1.165, 1.54) is 32.1 Å². The number of aliphatic carboxylic acids is 1. The second-order valence-electron chi connectivity index (χ2n) is 24.2. The quantitative estimate of drug-likeness (QED) is 0.212. The van der Waals surface area contributed by atoms with Crippen molar-refractivity contribution in [3.63, 3.8) is 0 Å². The lowest BCUT2D eigenvalue weighted by Crippen LogP contribution is -2.40. The molecule has 3 saturated carbocycles. The van der Waals surface area contributed by atoms with Gasteiger partial charge in [-0.25, -0.2) is 17.9 Å². The van der Waals surface area contributed by atoms with Crippen molar-refractivity contribution in [1.29, 1.82) is 0 Å². The number of hydrogen-bond donors (Lipinski definition) is 3. The molecule has 67 heavy (non-hydrogen) atoms. The first-order chi connectivity index (χ1) is 31.1. The van der Waals surface area contributed by atoms with E-state index in [1.807, 2.05) is 13.8 Å². The highest BCUT2D eigenvalue weighted by Crippen LogP contribution is 2.48. The molecule has 3 aliphatic carbocycles. The Hall–Kier alpha value is -1.55. The summed E-state index contributed by atoms with van der Waals surface area (Å²) in [6, 6.07) is 0. The molecular weight excluding hydrogens is 873 g/mol. The molecule has 0 spiro atoms. The summed E-state index contributed by atoms with van der Waals surface area (Å²) in [6.07, 6.45) is 11.2. The fraction of sp³-hybridized carbons (Fsp3) is 0.962. The fourth-order valence-electron chi connectivity index (χ4n) is 10.3. The molecule has 0 bridgehead atoms. The number of fused-ring (bicyclic) bond motifs is 2. The summed E-state index contributed by atoms with van der Waals surface area (Å²) in [5, 5.41) is 11.1. The maximum absolute atomic E-state index is 10.9. The van der Waals surface area contributed by atoms with Crippen LogP contribution in [-0.2, 0) is 43.2 Å². The summed E-state index contributed by atoms with van der Waals surface area (Å²) in [5.74, 6) is 7.79. The maximum Gasteiger partial charge on any atom is 0.407 e. The Kier molecular flexibility index (Phi) is 24.4. The molecule has 394 valence electrons. The molecule has 3 N–H and O–H groups in total. The predicted molar refractivity (Wildman–Crippen MR) is 267 cm³/mol. The minimum absolute atomic E-state index is 0.0348. The predicted octanol–water partition coefficient (Wildman–Crippen LogP) is 10.6. The second-order valence-corrected chi connectivity index (χ2v) is 26.1. The molecule has 0 aromatic heterocycles. The Morgan fingerprint density at radius 2 is 1.15 bits per heavy atom. The summed E-state index contributed by atoms with van der Waals surface area (Å²) in [4.78, 5) is 20.9. The van der Waals surface area contributed by atoms with Gasteiger partial charge in [-0.2, -0.15) is 0 Å². The molecule has 8 aliphatic rings. The molecule has 5 unspecified atom stereocenters. The number of carbonyl (C=O) groups is 2. The van der Waals surface area contributed by atoms with Gasteiger partial charge in [0.25, 0.3) is 0 Å². The van der Waals surface area contributed by atoms with Crippen LogP contribution in [0.2, 0.25) is 0 Å². The van der Waals surface area contributed by atoms with Crippen molar-refractivity contribution in [1.82, 2.24) is 10.0 Å². The third-order valence-electron chi connectivity index (χ3n) is 15.5. The van der Waals surface area contributed by atoms with Crippen molar-refractivity contribution < 1.29 is 51.5 Å². The number of ether oxygens (including phenoxy) is 6. The molecule has 8 rings (SSSR count). The third kappa shape index (κ3) is 21.4. The normalized spacial score (nSPS) is 33.5. The smallest absolute Gasteiger partial charge is 0.407 e. The van der Waals surface area contributed by atoms with Crippen LogP contribution in [0.1, 0.15) is 169 Å². The molecule has 8 fully saturated rings. The molecule has 1 amide bonds. The summed E-state index contributed by atoms with van der Waals surface area (Å²) in [6.45, 7) is 39.4. The van der Waals surface area contributed by atoms with Gasteiger partial charge in [0.1, 0.15) is 6.10 Å². The first-order valence-electron chi connectivity index (χ1n) is 26.4. The Labute approximate surface area is 408 Å². The first kappa shape index (κ1) is 59.8. The average Bonchev–Trinajstić information content (AvgIpc) is 3.97. The van der Waals surface area contributed by atoms with Crippen LogP contribution >= 0.6 is 0 Å². The van der Waals surface area contributed by atoms with E-state index in [9.17, 15) is 18.0 Å². The minimum Gasteiger partial charge on any atom is -0.481 e. The molecule has 14 heteroatoms. The highest BCUT2D eigenvalue weighted by Gasteiger charge is 2.46. The molecule has 0 radical (unpaired) electrons. The second kappa shape index (κ2) is 27.3. The number of sulfonamides is 1. The summed E-state index contributed by atoms with van der Waals surface area (Å²) in [5.41, 5.74) is 0.164. The molecule has 13 nitrogen and oxygen atoms in total. The Balaban J connectivity index is 0.000000214. The Morgan fingerprint density at radius 3 is 1.55 bits per heavy atom. The molecule has 7 atom stereocenters. The van der Waals surface area contributed by atoms with Crippen molar-refractivity contribution in [3.8, 4) is 0 Å². The number of carbonyl (C=O) groups excluding carboxylic acids is 1. The zero-order valence-corrected chi connectivity index (χ0v) is 45.9. The zero-order chi connectivity index (χ0) is 50.4. The number of amides is 1. The van der Waals surface area contributed by atoms with Crippen molar-refractivity contribution in [2.24, 2.45) is 76.9 Å². The van der Waals surface area contributed by atoms with Gasteiger partial charge in [0.15, 0.2) is 5.79 Å². The van der Waals surface area contributed by atoms with Crippen molar-refractivity contribution in [3.05, 3.63) is 0 Å². The first-order valence-corrected chi connectivity index (χ1v) is 28.1. The van der Waals surface area contributed by atoms with E-state index in [-0.39, 0.29) is 29.5 Å². The third-order valence-corrected chi connectivity index (χ3v) is 16.8. The van der Waals surface area contributed by atoms with E-state index in [0.29, 0.717) is 78.6 Å². The van der Waals surface area contributed by atoms with Gasteiger partial charge < -0.3 is 38.8 Å². The highest BCUT2D eigenvalue weighted by molar-refractivity contribution is 7.89. The monoisotopic (exact) mass is 973 g/mol.